The zero-order chi connectivity index (χ0) is 11.7. The van der Waals surface area contributed by atoms with Crippen molar-refractivity contribution in [1.82, 2.24) is 0 Å². The van der Waals surface area contributed by atoms with Crippen LogP contribution >= 0.6 is 0 Å². The van der Waals surface area contributed by atoms with Crippen molar-refractivity contribution in [2.24, 2.45) is 0 Å². The van der Waals surface area contributed by atoms with E-state index >= 15 is 0 Å². The van der Waals surface area contributed by atoms with E-state index in [1.807, 2.05) is 0 Å². The second-order valence-corrected chi connectivity index (χ2v) is 1.60. The molecular formula is C6H4F8. The number of hydrogen-bond acceptors (Lipinski definition) is 0. The molecule has 0 aromatic heterocycles. The molecule has 0 rings (SSSR count). The van der Waals surface area contributed by atoms with Crippen LogP contribution in [-0.4, -0.2) is 13.3 Å². The van der Waals surface area contributed by atoms with Crippen molar-refractivity contribution in [3.8, 4) is 0 Å². The third-order valence-corrected chi connectivity index (χ3v) is 0.645. The largest absolute Gasteiger partial charge is 0.304 e. The fraction of sp³-hybridized carbons (Fsp3) is 0.333. The molecule has 0 aromatic carbocycles. The minimum Gasteiger partial charge on any atom is -0.243 e. The Morgan fingerprint density at radius 3 is 0.786 bits per heavy atom. The van der Waals surface area contributed by atoms with E-state index in [9.17, 15) is 35.1 Å². The van der Waals surface area contributed by atoms with Gasteiger partial charge in [0.05, 0.1) is 0 Å². The Balaban J connectivity index is 0. The Hall–Kier alpha value is -1.08. The maximum Gasteiger partial charge on any atom is 0.304 e. The van der Waals surface area contributed by atoms with Crippen molar-refractivity contribution in [1.29, 1.82) is 0 Å². The van der Waals surface area contributed by atoms with Gasteiger partial charge in [-0.2, -0.15) is 17.6 Å². The van der Waals surface area contributed by atoms with Crippen LogP contribution in [0.3, 0.4) is 0 Å². The molecule has 0 aliphatic heterocycles. The van der Waals surface area contributed by atoms with Gasteiger partial charge in [-0.1, -0.05) is 0 Å². The number of rotatable bonds is 2. The summed E-state index contributed by atoms with van der Waals surface area (Å²) in [5.74, 6) is -3.97. The van der Waals surface area contributed by atoms with Crippen LogP contribution in [0.25, 0.3) is 0 Å². The Bertz CT molecular complexity index is 186. The summed E-state index contributed by atoms with van der Waals surface area (Å²) in [7, 11) is 0. The molecule has 0 spiro atoms. The second-order valence-electron chi connectivity index (χ2n) is 1.60. The van der Waals surface area contributed by atoms with Gasteiger partial charge in [0.15, 0.2) is 11.7 Å². The summed E-state index contributed by atoms with van der Waals surface area (Å²) in [6.45, 7) is -3.44. The smallest absolute Gasteiger partial charge is 0.243 e. The number of halogens is 8. The molecule has 0 aliphatic rings. The lowest BCUT2D eigenvalue weighted by Crippen LogP contribution is -1.74. The zero-order valence-electron chi connectivity index (χ0n) is 6.44. The van der Waals surface area contributed by atoms with Crippen molar-refractivity contribution < 1.29 is 35.1 Å². The zero-order valence-corrected chi connectivity index (χ0v) is 6.44. The fourth-order valence-corrected chi connectivity index (χ4v) is 0.101. The molecule has 0 radical (unpaired) electrons. The maximum atomic E-state index is 11.0. The Morgan fingerprint density at radius 1 is 0.571 bits per heavy atom. The average Bonchev–Trinajstić information content (AvgIpc) is 2.15. The Kier molecular flexibility index (Phi) is 9.36. The van der Waals surface area contributed by atoms with Gasteiger partial charge < -0.3 is 0 Å². The standard InChI is InChI=1S/2C3H2F4/c2*4-1-2(5)3(6)7/h2*1H2. The quantitative estimate of drug-likeness (QED) is 0.625. The van der Waals surface area contributed by atoms with Gasteiger partial charge in [-0.15, -0.1) is 0 Å². The van der Waals surface area contributed by atoms with Crippen molar-refractivity contribution in [2.45, 2.75) is 0 Å². The first-order chi connectivity index (χ1) is 6.36. The monoisotopic (exact) mass is 228 g/mol. The lowest BCUT2D eigenvalue weighted by Gasteiger charge is -1.79. The molecule has 0 fully saturated rings. The molecule has 0 aliphatic carbocycles. The van der Waals surface area contributed by atoms with Gasteiger partial charge in [-0.05, 0) is 0 Å². The molecule has 0 bridgehead atoms. The predicted octanol–water partition coefficient (Wildman–Crippen LogP) is 4.07. The van der Waals surface area contributed by atoms with Gasteiger partial charge in [0.1, 0.15) is 13.3 Å². The summed E-state index contributed by atoms with van der Waals surface area (Å²) < 4.78 is 86.2. The molecular weight excluding hydrogens is 224 g/mol. The third kappa shape index (κ3) is 9.01. The van der Waals surface area contributed by atoms with E-state index in [4.69, 9.17) is 0 Å². The summed E-state index contributed by atoms with van der Waals surface area (Å²) >= 11 is 0. The van der Waals surface area contributed by atoms with Crippen LogP contribution in [0.15, 0.2) is 23.8 Å². The first-order valence-electron chi connectivity index (χ1n) is 2.88. The molecule has 0 aromatic rings. The molecule has 0 amide bonds. The van der Waals surface area contributed by atoms with Crippen molar-refractivity contribution in [3.05, 3.63) is 23.8 Å². The Morgan fingerprint density at radius 2 is 0.786 bits per heavy atom. The topological polar surface area (TPSA) is 0 Å². The van der Waals surface area contributed by atoms with E-state index in [0.29, 0.717) is 0 Å². The van der Waals surface area contributed by atoms with Gasteiger partial charge >= 0.3 is 12.2 Å². The summed E-state index contributed by atoms with van der Waals surface area (Å²) in [6, 6.07) is 0. The van der Waals surface area contributed by atoms with Gasteiger partial charge in [-0.25, -0.2) is 17.6 Å². The minimum absolute atomic E-state index is 1.72. The van der Waals surface area contributed by atoms with E-state index in [1.54, 1.807) is 0 Å². The van der Waals surface area contributed by atoms with Crippen LogP contribution in [0.1, 0.15) is 0 Å². The van der Waals surface area contributed by atoms with Crippen LogP contribution in [-0.2, 0) is 0 Å². The summed E-state index contributed by atoms with van der Waals surface area (Å²) in [4.78, 5) is 0. The summed E-state index contributed by atoms with van der Waals surface area (Å²) in [5, 5.41) is 0. The predicted molar refractivity (Wildman–Crippen MR) is 32.6 cm³/mol. The molecule has 0 N–H and O–H groups in total. The highest BCUT2D eigenvalue weighted by atomic mass is 19.3. The van der Waals surface area contributed by atoms with E-state index in [0.717, 1.165) is 0 Å². The maximum absolute atomic E-state index is 11.0. The molecule has 0 nitrogen and oxygen atoms in total. The highest BCUT2D eigenvalue weighted by molar-refractivity contribution is 4.90. The SMILES string of the molecule is FCC(F)=C(F)F.FCC(F)=C(F)F. The normalized spacial score (nSPS) is 8.57. The van der Waals surface area contributed by atoms with Gasteiger partial charge in [0.25, 0.3) is 0 Å². The number of allylic oxidation sites excluding steroid dienone is 2. The highest BCUT2D eigenvalue weighted by Crippen LogP contribution is 2.08. The molecule has 0 unspecified atom stereocenters. The van der Waals surface area contributed by atoms with Gasteiger partial charge in [0.2, 0.25) is 0 Å². The average molecular weight is 228 g/mol. The van der Waals surface area contributed by atoms with Crippen LogP contribution in [0.5, 0.6) is 0 Å². The first kappa shape index (κ1) is 15.4. The second kappa shape index (κ2) is 8.52. The Labute approximate surface area is 73.5 Å². The van der Waals surface area contributed by atoms with Crippen LogP contribution in [0.4, 0.5) is 35.1 Å². The van der Waals surface area contributed by atoms with Crippen molar-refractivity contribution in [3.63, 3.8) is 0 Å². The third-order valence-electron chi connectivity index (χ3n) is 0.645. The molecule has 0 saturated heterocycles. The molecule has 0 saturated carbocycles. The minimum atomic E-state index is -2.58. The van der Waals surface area contributed by atoms with Gasteiger partial charge in [0, 0.05) is 0 Å². The van der Waals surface area contributed by atoms with Gasteiger partial charge in [-0.3, -0.25) is 0 Å². The molecule has 0 atom stereocenters. The number of alkyl halides is 2. The van der Waals surface area contributed by atoms with E-state index in [-0.39, 0.29) is 0 Å². The molecule has 14 heavy (non-hydrogen) atoms. The van der Waals surface area contributed by atoms with Crippen molar-refractivity contribution in [2.75, 3.05) is 13.3 Å². The van der Waals surface area contributed by atoms with Crippen LogP contribution < -0.4 is 0 Å². The lowest BCUT2D eigenvalue weighted by molar-refractivity contribution is 0.348. The number of hydrogen-bond donors (Lipinski definition) is 0. The molecule has 0 heterocycles. The summed E-state index contributed by atoms with van der Waals surface area (Å²) in [5.41, 5.74) is 0. The lowest BCUT2D eigenvalue weighted by atomic mass is 10.6. The highest BCUT2D eigenvalue weighted by Gasteiger charge is 2.01. The molecule has 8 heteroatoms. The van der Waals surface area contributed by atoms with E-state index in [2.05, 4.69) is 0 Å². The fourth-order valence-electron chi connectivity index (χ4n) is 0.101. The van der Waals surface area contributed by atoms with Crippen LogP contribution in [0, 0.1) is 0 Å². The first-order valence-corrected chi connectivity index (χ1v) is 2.88. The molecule has 84 valence electrons. The van der Waals surface area contributed by atoms with Crippen molar-refractivity contribution >= 4 is 0 Å². The van der Waals surface area contributed by atoms with E-state index < -0.39 is 37.2 Å². The van der Waals surface area contributed by atoms with E-state index in [1.165, 1.54) is 0 Å². The summed E-state index contributed by atoms with van der Waals surface area (Å²) in [6.07, 6.45) is -5.16. The van der Waals surface area contributed by atoms with Crippen LogP contribution in [0.2, 0.25) is 0 Å².